The van der Waals surface area contributed by atoms with Crippen LogP contribution in [0.2, 0.25) is 0 Å². The van der Waals surface area contributed by atoms with Crippen molar-refractivity contribution in [2.45, 2.75) is 38.2 Å². The lowest BCUT2D eigenvalue weighted by molar-refractivity contribution is -0.137. The average Bonchev–Trinajstić information content (AvgIpc) is 3.24. The predicted octanol–water partition coefficient (Wildman–Crippen LogP) is 2.39. The maximum Gasteiger partial charge on any atom is 0.233 e. The van der Waals surface area contributed by atoms with Gasteiger partial charge in [-0.15, -0.1) is 10.2 Å². The molecule has 1 fully saturated rings. The van der Waals surface area contributed by atoms with Crippen molar-refractivity contribution in [3.63, 3.8) is 0 Å². The molecule has 1 aliphatic heterocycles. The Hall–Kier alpha value is -2.70. The number of hydrogen-bond donors (Lipinski definition) is 0. The van der Waals surface area contributed by atoms with Gasteiger partial charge in [-0.1, -0.05) is 12.2 Å². The molecule has 4 rings (SSSR count). The van der Waals surface area contributed by atoms with Gasteiger partial charge < -0.3 is 9.64 Å². The Morgan fingerprint density at radius 2 is 2.00 bits per heavy atom. The molecule has 0 spiro atoms. The highest BCUT2D eigenvalue weighted by Gasteiger charge is 2.29. The topological polar surface area (TPSA) is 73.1 Å². The van der Waals surface area contributed by atoms with Gasteiger partial charge in [-0.3, -0.25) is 4.79 Å². The van der Waals surface area contributed by atoms with Gasteiger partial charge in [0.25, 0.3) is 0 Å². The summed E-state index contributed by atoms with van der Waals surface area (Å²) in [7, 11) is 0. The Balaban J connectivity index is 1.28. The van der Waals surface area contributed by atoms with Crippen molar-refractivity contribution in [1.82, 2.24) is 24.9 Å². The average molecular weight is 353 g/mol. The fraction of sp³-hybridized carbons (Fsp3) is 0.474. The van der Waals surface area contributed by atoms with Crippen molar-refractivity contribution in [2.75, 3.05) is 13.1 Å². The number of ether oxygens (including phenoxy) is 1. The molecule has 136 valence electrons. The third-order valence-corrected chi connectivity index (χ3v) is 5.02. The third kappa shape index (κ3) is 3.76. The molecule has 1 saturated heterocycles. The number of rotatable bonds is 4. The highest BCUT2D eigenvalue weighted by molar-refractivity contribution is 5.79. The molecule has 0 aromatic carbocycles. The second-order valence-corrected chi connectivity index (χ2v) is 6.80. The van der Waals surface area contributed by atoms with Crippen molar-refractivity contribution in [2.24, 2.45) is 5.92 Å². The first-order valence-electron chi connectivity index (χ1n) is 9.24. The summed E-state index contributed by atoms with van der Waals surface area (Å²) in [5.41, 5.74) is 0. The van der Waals surface area contributed by atoms with Gasteiger partial charge in [0.15, 0.2) is 5.82 Å². The Bertz CT molecular complexity index is 749. The second-order valence-electron chi connectivity index (χ2n) is 6.80. The summed E-state index contributed by atoms with van der Waals surface area (Å²) in [6.45, 7) is 1.50. The van der Waals surface area contributed by atoms with Gasteiger partial charge >= 0.3 is 0 Å². The van der Waals surface area contributed by atoms with Gasteiger partial charge in [0.1, 0.15) is 6.10 Å². The molecule has 0 bridgehead atoms. The Kier molecular flexibility index (Phi) is 4.95. The first-order chi connectivity index (χ1) is 12.8. The van der Waals surface area contributed by atoms with Crippen LogP contribution in [-0.4, -0.2) is 50.0 Å². The molecule has 2 aromatic heterocycles. The van der Waals surface area contributed by atoms with Gasteiger partial charge in [-0.2, -0.15) is 5.10 Å². The molecule has 3 heterocycles. The molecule has 0 N–H and O–H groups in total. The van der Waals surface area contributed by atoms with E-state index in [2.05, 4.69) is 27.4 Å². The molecular formula is C19H23N5O2. The van der Waals surface area contributed by atoms with Crippen LogP contribution in [0.5, 0.6) is 5.88 Å². The van der Waals surface area contributed by atoms with Crippen molar-refractivity contribution in [3.05, 3.63) is 42.7 Å². The van der Waals surface area contributed by atoms with E-state index >= 15 is 0 Å². The lowest BCUT2D eigenvalue weighted by Crippen LogP contribution is -2.44. The van der Waals surface area contributed by atoms with Crippen molar-refractivity contribution >= 4 is 5.91 Å². The Morgan fingerprint density at radius 1 is 1.12 bits per heavy atom. The van der Waals surface area contributed by atoms with E-state index in [4.69, 9.17) is 4.74 Å². The van der Waals surface area contributed by atoms with Crippen LogP contribution in [0, 0.1) is 5.92 Å². The van der Waals surface area contributed by atoms with Crippen LogP contribution in [0.25, 0.3) is 5.82 Å². The molecule has 0 radical (unpaired) electrons. The Morgan fingerprint density at radius 3 is 2.65 bits per heavy atom. The zero-order valence-corrected chi connectivity index (χ0v) is 14.7. The van der Waals surface area contributed by atoms with Crippen LogP contribution in [0.1, 0.15) is 32.1 Å². The lowest BCUT2D eigenvalue weighted by atomic mass is 9.92. The molecule has 0 saturated carbocycles. The molecule has 7 nitrogen and oxygen atoms in total. The van der Waals surface area contributed by atoms with E-state index in [9.17, 15) is 4.79 Å². The minimum absolute atomic E-state index is 0.0788. The van der Waals surface area contributed by atoms with Crippen molar-refractivity contribution < 1.29 is 9.53 Å². The smallest absolute Gasteiger partial charge is 0.233 e. The highest BCUT2D eigenvalue weighted by atomic mass is 16.5. The van der Waals surface area contributed by atoms with Crippen LogP contribution in [0.15, 0.2) is 42.7 Å². The van der Waals surface area contributed by atoms with Crippen LogP contribution in [-0.2, 0) is 4.79 Å². The van der Waals surface area contributed by atoms with Gasteiger partial charge in [0.2, 0.25) is 11.8 Å². The van der Waals surface area contributed by atoms with E-state index in [0.717, 1.165) is 45.2 Å². The summed E-state index contributed by atoms with van der Waals surface area (Å²) in [5, 5.41) is 12.4. The van der Waals surface area contributed by atoms with E-state index in [1.54, 1.807) is 10.9 Å². The summed E-state index contributed by atoms with van der Waals surface area (Å²) in [6, 6.07) is 5.49. The molecule has 2 aliphatic rings. The zero-order chi connectivity index (χ0) is 17.8. The summed E-state index contributed by atoms with van der Waals surface area (Å²) >= 11 is 0. The molecule has 26 heavy (non-hydrogen) atoms. The number of nitrogens with zero attached hydrogens (tertiary/aromatic N) is 5. The molecule has 1 atom stereocenters. The van der Waals surface area contributed by atoms with E-state index in [1.165, 1.54) is 0 Å². The van der Waals surface area contributed by atoms with Crippen LogP contribution < -0.4 is 4.74 Å². The lowest BCUT2D eigenvalue weighted by Gasteiger charge is -2.34. The zero-order valence-electron chi connectivity index (χ0n) is 14.7. The number of piperidine rings is 1. The number of aromatic nitrogens is 4. The number of hydrogen-bond acceptors (Lipinski definition) is 5. The van der Waals surface area contributed by atoms with E-state index < -0.39 is 0 Å². The number of likely N-dealkylation sites (tertiary alicyclic amines) is 1. The Labute approximate surface area is 152 Å². The van der Waals surface area contributed by atoms with Gasteiger partial charge in [0, 0.05) is 50.3 Å². The van der Waals surface area contributed by atoms with Gasteiger partial charge in [-0.25, -0.2) is 4.68 Å². The molecule has 1 unspecified atom stereocenters. The quantitative estimate of drug-likeness (QED) is 0.789. The summed E-state index contributed by atoms with van der Waals surface area (Å²) in [6.07, 6.45) is 12.4. The first kappa shape index (κ1) is 16.8. The van der Waals surface area contributed by atoms with E-state index in [1.807, 2.05) is 29.3 Å². The minimum Gasteiger partial charge on any atom is -0.473 e. The van der Waals surface area contributed by atoms with Crippen molar-refractivity contribution in [1.29, 1.82) is 0 Å². The molecule has 1 amide bonds. The van der Waals surface area contributed by atoms with Gasteiger partial charge in [0.05, 0.1) is 0 Å². The SMILES string of the molecule is O=C(C1CC=CCC1)N1CCC(Oc2ccc(-n3cccn3)nn2)CC1. The fourth-order valence-corrected chi connectivity index (χ4v) is 3.54. The normalized spacial score (nSPS) is 20.9. The van der Waals surface area contributed by atoms with Crippen LogP contribution in [0.4, 0.5) is 0 Å². The number of carbonyl (C=O) groups excluding carboxylic acids is 1. The van der Waals surface area contributed by atoms with Gasteiger partial charge in [-0.05, 0) is 31.4 Å². The highest BCUT2D eigenvalue weighted by Crippen LogP contribution is 2.24. The summed E-state index contributed by atoms with van der Waals surface area (Å²) < 4.78 is 7.60. The summed E-state index contributed by atoms with van der Waals surface area (Å²) in [5.74, 6) is 1.64. The molecule has 7 heteroatoms. The van der Waals surface area contributed by atoms with E-state index in [-0.39, 0.29) is 12.0 Å². The standard InChI is InChI=1S/C19H23N5O2/c25-19(15-5-2-1-3-6-15)23-13-9-16(10-14-23)26-18-8-7-17(21-22-18)24-12-4-11-20-24/h1-2,4,7-8,11-12,15-16H,3,5-6,9-10,13-14H2. The van der Waals surface area contributed by atoms with Crippen molar-refractivity contribution in [3.8, 4) is 11.7 Å². The second kappa shape index (κ2) is 7.68. The minimum atomic E-state index is 0.0788. The first-order valence-corrected chi connectivity index (χ1v) is 9.24. The predicted molar refractivity (Wildman–Crippen MR) is 95.9 cm³/mol. The molecule has 2 aromatic rings. The van der Waals surface area contributed by atoms with Crippen LogP contribution >= 0.6 is 0 Å². The molecular weight excluding hydrogens is 330 g/mol. The van der Waals surface area contributed by atoms with Crippen LogP contribution in [0.3, 0.4) is 0 Å². The molecule has 1 aliphatic carbocycles. The monoisotopic (exact) mass is 353 g/mol. The number of amides is 1. The largest absolute Gasteiger partial charge is 0.473 e. The number of carbonyl (C=O) groups is 1. The number of allylic oxidation sites excluding steroid dienone is 2. The summed E-state index contributed by atoms with van der Waals surface area (Å²) in [4.78, 5) is 14.6. The maximum absolute atomic E-state index is 12.6. The maximum atomic E-state index is 12.6. The third-order valence-electron chi connectivity index (χ3n) is 5.02. The fourth-order valence-electron chi connectivity index (χ4n) is 3.54. The van der Waals surface area contributed by atoms with E-state index in [0.29, 0.717) is 17.6 Å².